The molecule has 0 aromatic rings. The molecule has 0 fully saturated rings. The second kappa shape index (κ2) is 5.80. The van der Waals surface area contributed by atoms with Crippen molar-refractivity contribution in [3.8, 4) is 6.07 Å². The minimum Gasteiger partial charge on any atom is -0.442 e. The zero-order valence-electron chi connectivity index (χ0n) is 11.8. The summed E-state index contributed by atoms with van der Waals surface area (Å²) in [4.78, 5) is 12.2. The number of halogens is 1. The zero-order chi connectivity index (χ0) is 14.8. The SMILES string of the molecule is CNCC1C(Br)=C(C#N)N(C)N1C(=O)OC(C)(C)C. The van der Waals surface area contributed by atoms with Gasteiger partial charge in [0.25, 0.3) is 0 Å². The number of amides is 1. The summed E-state index contributed by atoms with van der Waals surface area (Å²) in [5.74, 6) is 0. The Balaban J connectivity index is 3.01. The largest absolute Gasteiger partial charge is 0.442 e. The smallest absolute Gasteiger partial charge is 0.429 e. The van der Waals surface area contributed by atoms with Crippen LogP contribution in [0.3, 0.4) is 0 Å². The van der Waals surface area contributed by atoms with Gasteiger partial charge in [-0.1, -0.05) is 15.9 Å². The third-order valence-electron chi connectivity index (χ3n) is 2.54. The topological polar surface area (TPSA) is 68.6 Å². The van der Waals surface area contributed by atoms with Crippen LogP contribution in [0.15, 0.2) is 10.2 Å². The van der Waals surface area contributed by atoms with Crippen molar-refractivity contribution in [3.05, 3.63) is 10.2 Å². The molecular formula is C12H19BrN4O2. The lowest BCUT2D eigenvalue weighted by Gasteiger charge is -2.33. The molecule has 6 nitrogen and oxygen atoms in total. The van der Waals surface area contributed by atoms with Gasteiger partial charge in [-0.05, 0) is 27.8 Å². The normalized spacial score (nSPS) is 19.7. The third-order valence-corrected chi connectivity index (χ3v) is 3.45. The summed E-state index contributed by atoms with van der Waals surface area (Å²) in [7, 11) is 3.46. The number of hydrogen-bond donors (Lipinski definition) is 1. The van der Waals surface area contributed by atoms with E-state index in [0.717, 1.165) is 0 Å². The van der Waals surface area contributed by atoms with Crippen molar-refractivity contribution in [3.63, 3.8) is 0 Å². The van der Waals surface area contributed by atoms with E-state index in [4.69, 9.17) is 10.00 Å². The van der Waals surface area contributed by atoms with Gasteiger partial charge in [0.1, 0.15) is 23.4 Å². The maximum absolute atomic E-state index is 12.2. The Labute approximate surface area is 122 Å². The van der Waals surface area contributed by atoms with Crippen LogP contribution in [0.4, 0.5) is 4.79 Å². The molecule has 19 heavy (non-hydrogen) atoms. The Morgan fingerprint density at radius 1 is 1.58 bits per heavy atom. The van der Waals surface area contributed by atoms with E-state index in [1.807, 2.05) is 20.8 Å². The first-order valence-electron chi connectivity index (χ1n) is 5.93. The predicted octanol–water partition coefficient (Wildman–Crippen LogP) is 1.80. The van der Waals surface area contributed by atoms with Crippen LogP contribution in [0.1, 0.15) is 20.8 Å². The number of carbonyl (C=O) groups excluding carboxylic acids is 1. The van der Waals surface area contributed by atoms with Crippen LogP contribution in [-0.2, 0) is 4.74 Å². The van der Waals surface area contributed by atoms with Crippen LogP contribution in [0.5, 0.6) is 0 Å². The van der Waals surface area contributed by atoms with Gasteiger partial charge in [-0.3, -0.25) is 5.01 Å². The van der Waals surface area contributed by atoms with E-state index in [0.29, 0.717) is 16.7 Å². The summed E-state index contributed by atoms with van der Waals surface area (Å²) in [6.45, 7) is 5.94. The van der Waals surface area contributed by atoms with Gasteiger partial charge in [-0.25, -0.2) is 9.80 Å². The number of nitriles is 1. The first-order chi connectivity index (χ1) is 8.72. The molecule has 1 N–H and O–H groups in total. The van der Waals surface area contributed by atoms with Crippen LogP contribution in [0, 0.1) is 11.3 Å². The third kappa shape index (κ3) is 3.39. The van der Waals surface area contributed by atoms with Gasteiger partial charge in [0, 0.05) is 13.6 Å². The quantitative estimate of drug-likeness (QED) is 0.836. The molecule has 1 amide bonds. The number of nitrogens with zero attached hydrogens (tertiary/aromatic N) is 3. The van der Waals surface area contributed by atoms with Crippen molar-refractivity contribution >= 4 is 22.0 Å². The Morgan fingerprint density at radius 3 is 2.58 bits per heavy atom. The summed E-state index contributed by atoms with van der Waals surface area (Å²) in [6, 6.07) is 1.80. The molecule has 7 heteroatoms. The fraction of sp³-hybridized carbons (Fsp3) is 0.667. The van der Waals surface area contributed by atoms with Crippen LogP contribution >= 0.6 is 15.9 Å². The van der Waals surface area contributed by atoms with E-state index in [2.05, 4.69) is 27.3 Å². The average molecular weight is 331 g/mol. The average Bonchev–Trinajstić information content (AvgIpc) is 2.49. The maximum Gasteiger partial charge on any atom is 0.429 e. The van der Waals surface area contributed by atoms with E-state index in [9.17, 15) is 4.79 Å². The van der Waals surface area contributed by atoms with Crippen molar-refractivity contribution in [2.24, 2.45) is 0 Å². The standard InChI is InChI=1S/C12H19BrN4O2/c1-12(2,3)19-11(18)17-9(7-15-4)10(13)8(6-14)16(17)5/h9,15H,7H2,1-5H3. The van der Waals surface area contributed by atoms with Crippen LogP contribution in [0.25, 0.3) is 0 Å². The lowest BCUT2D eigenvalue weighted by Crippen LogP contribution is -2.50. The Kier molecular flexibility index (Phi) is 4.82. The second-order valence-corrected chi connectivity index (χ2v) is 6.08. The summed E-state index contributed by atoms with van der Waals surface area (Å²) >= 11 is 3.39. The number of hydrazine groups is 1. The minimum absolute atomic E-state index is 0.278. The molecule has 1 aliphatic heterocycles. The molecule has 1 heterocycles. The molecule has 1 rings (SSSR count). The fourth-order valence-electron chi connectivity index (χ4n) is 1.79. The van der Waals surface area contributed by atoms with Crippen LogP contribution < -0.4 is 5.32 Å². The van der Waals surface area contributed by atoms with E-state index in [1.54, 1.807) is 14.1 Å². The summed E-state index contributed by atoms with van der Waals surface area (Å²) in [6.07, 6.45) is -0.475. The summed E-state index contributed by atoms with van der Waals surface area (Å²) in [5.41, 5.74) is -0.171. The molecule has 0 bridgehead atoms. The summed E-state index contributed by atoms with van der Waals surface area (Å²) < 4.78 is 6.05. The van der Waals surface area contributed by atoms with Crippen LogP contribution in [-0.4, -0.2) is 48.4 Å². The van der Waals surface area contributed by atoms with Gasteiger partial charge in [-0.2, -0.15) is 5.26 Å². The van der Waals surface area contributed by atoms with Crippen LogP contribution in [0.2, 0.25) is 0 Å². The highest BCUT2D eigenvalue weighted by molar-refractivity contribution is 9.11. The Bertz CT molecular complexity index is 436. The van der Waals surface area contributed by atoms with Gasteiger partial charge in [0.15, 0.2) is 0 Å². The maximum atomic E-state index is 12.2. The fourth-order valence-corrected chi connectivity index (χ4v) is 2.49. The van der Waals surface area contributed by atoms with E-state index >= 15 is 0 Å². The second-order valence-electron chi connectivity index (χ2n) is 5.23. The van der Waals surface area contributed by atoms with Crippen molar-refractivity contribution < 1.29 is 9.53 Å². The monoisotopic (exact) mass is 330 g/mol. The number of allylic oxidation sites excluding steroid dienone is 1. The van der Waals surface area contributed by atoms with Crippen molar-refractivity contribution in [2.45, 2.75) is 32.4 Å². The molecule has 0 saturated carbocycles. The Morgan fingerprint density at radius 2 is 2.16 bits per heavy atom. The predicted molar refractivity (Wildman–Crippen MR) is 75.1 cm³/mol. The molecule has 106 valence electrons. The first kappa shape index (κ1) is 15.8. The number of likely N-dealkylation sites (N-methyl/N-ethyl adjacent to an activating group) is 1. The van der Waals surface area contributed by atoms with E-state index < -0.39 is 11.7 Å². The highest BCUT2D eigenvalue weighted by atomic mass is 79.9. The highest BCUT2D eigenvalue weighted by Crippen LogP contribution is 2.32. The number of carbonyl (C=O) groups is 1. The Hall–Kier alpha value is -1.26. The molecule has 0 saturated heterocycles. The molecule has 1 aliphatic rings. The van der Waals surface area contributed by atoms with Crippen molar-refractivity contribution in [1.82, 2.24) is 15.3 Å². The van der Waals surface area contributed by atoms with E-state index in [1.165, 1.54) is 10.0 Å². The van der Waals surface area contributed by atoms with Gasteiger partial charge in [-0.15, -0.1) is 0 Å². The molecule has 0 aromatic carbocycles. The van der Waals surface area contributed by atoms with Gasteiger partial charge in [0.05, 0.1) is 4.48 Å². The van der Waals surface area contributed by atoms with E-state index in [-0.39, 0.29) is 6.04 Å². The minimum atomic E-state index is -0.579. The van der Waals surface area contributed by atoms with Gasteiger partial charge in [0.2, 0.25) is 0 Å². The molecule has 0 radical (unpaired) electrons. The lowest BCUT2D eigenvalue weighted by molar-refractivity contribution is -0.0253. The summed E-state index contributed by atoms with van der Waals surface area (Å²) in [5, 5.41) is 15.1. The number of hydrogen-bond acceptors (Lipinski definition) is 5. The zero-order valence-corrected chi connectivity index (χ0v) is 13.4. The molecule has 0 aromatic heterocycles. The molecule has 1 atom stereocenters. The van der Waals surface area contributed by atoms with Crippen molar-refractivity contribution in [2.75, 3.05) is 20.6 Å². The number of nitrogens with one attached hydrogen (secondary N) is 1. The number of rotatable bonds is 2. The first-order valence-corrected chi connectivity index (χ1v) is 6.72. The highest BCUT2D eigenvalue weighted by Gasteiger charge is 2.41. The van der Waals surface area contributed by atoms with Gasteiger partial charge >= 0.3 is 6.09 Å². The van der Waals surface area contributed by atoms with Crippen molar-refractivity contribution in [1.29, 1.82) is 5.26 Å². The molecular weight excluding hydrogens is 312 g/mol. The lowest BCUT2D eigenvalue weighted by atomic mass is 10.2. The molecule has 0 spiro atoms. The molecule has 0 aliphatic carbocycles. The van der Waals surface area contributed by atoms with Gasteiger partial charge < -0.3 is 10.1 Å². The number of ether oxygens (including phenoxy) is 1. The molecule has 1 unspecified atom stereocenters.